The number of benzene rings is 1. The van der Waals surface area contributed by atoms with Gasteiger partial charge in [0.1, 0.15) is 4.99 Å². The number of anilines is 1. The molecule has 0 amide bonds. The van der Waals surface area contributed by atoms with E-state index in [2.05, 4.69) is 9.71 Å². The summed E-state index contributed by atoms with van der Waals surface area (Å²) in [5, 5.41) is 0. The summed E-state index contributed by atoms with van der Waals surface area (Å²) in [7, 11) is -3.46. The summed E-state index contributed by atoms with van der Waals surface area (Å²) in [5.74, 6) is -0.118. The summed E-state index contributed by atoms with van der Waals surface area (Å²) in [6.07, 6.45) is 3.05. The van der Waals surface area contributed by atoms with E-state index in [9.17, 15) is 8.42 Å². The highest BCUT2D eigenvalue weighted by molar-refractivity contribution is 7.91. The van der Waals surface area contributed by atoms with Gasteiger partial charge in [-0.15, -0.1) is 0 Å². The first kappa shape index (κ1) is 14.4. The molecule has 20 heavy (non-hydrogen) atoms. The Morgan fingerprint density at radius 1 is 1.15 bits per heavy atom. The van der Waals surface area contributed by atoms with Crippen LogP contribution in [-0.4, -0.2) is 18.4 Å². The Labute approximate surface area is 122 Å². The van der Waals surface area contributed by atoms with Crippen LogP contribution in [0.2, 0.25) is 0 Å². The third-order valence-electron chi connectivity index (χ3n) is 2.55. The lowest BCUT2D eigenvalue weighted by atomic mass is 10.1. The van der Waals surface area contributed by atoms with Crippen LogP contribution in [0.3, 0.4) is 0 Å². The van der Waals surface area contributed by atoms with Crippen LogP contribution in [0.4, 0.5) is 5.69 Å². The lowest BCUT2D eigenvalue weighted by Gasteiger charge is -2.08. The van der Waals surface area contributed by atoms with E-state index in [0.29, 0.717) is 16.8 Å². The molecule has 0 aliphatic heterocycles. The van der Waals surface area contributed by atoms with Crippen LogP contribution < -0.4 is 10.5 Å². The van der Waals surface area contributed by atoms with Crippen LogP contribution in [-0.2, 0) is 15.8 Å². The van der Waals surface area contributed by atoms with Crippen molar-refractivity contribution in [2.24, 2.45) is 5.73 Å². The van der Waals surface area contributed by atoms with Gasteiger partial charge in [0.05, 0.1) is 11.4 Å². The van der Waals surface area contributed by atoms with Gasteiger partial charge in [-0.25, -0.2) is 8.42 Å². The highest BCUT2D eigenvalue weighted by Crippen LogP contribution is 2.12. The minimum atomic E-state index is -3.46. The summed E-state index contributed by atoms with van der Waals surface area (Å²) in [6.45, 7) is 0. The average Bonchev–Trinajstić information content (AvgIpc) is 2.39. The molecule has 0 spiro atoms. The first-order valence-electron chi connectivity index (χ1n) is 5.75. The third-order valence-corrected chi connectivity index (χ3v) is 4.04. The molecule has 104 valence electrons. The van der Waals surface area contributed by atoms with Gasteiger partial charge in [0.15, 0.2) is 0 Å². The molecule has 3 N–H and O–H groups in total. The minimum Gasteiger partial charge on any atom is -0.389 e. The maximum absolute atomic E-state index is 12.0. The van der Waals surface area contributed by atoms with E-state index in [4.69, 9.17) is 18.0 Å². The van der Waals surface area contributed by atoms with Crippen molar-refractivity contribution in [1.29, 1.82) is 0 Å². The number of nitrogens with zero attached hydrogens (tertiary/aromatic N) is 1. The Morgan fingerprint density at radius 2 is 1.75 bits per heavy atom. The van der Waals surface area contributed by atoms with Crippen LogP contribution in [0.1, 0.15) is 11.1 Å². The van der Waals surface area contributed by atoms with Crippen molar-refractivity contribution >= 4 is 32.9 Å². The highest BCUT2D eigenvalue weighted by Gasteiger charge is 2.11. The Bertz CT molecular complexity index is 698. The molecule has 0 atom stereocenters. The number of hydrogen-bond donors (Lipinski definition) is 2. The predicted molar refractivity (Wildman–Crippen MR) is 82.8 cm³/mol. The quantitative estimate of drug-likeness (QED) is 0.821. The van der Waals surface area contributed by atoms with Crippen molar-refractivity contribution in [3.63, 3.8) is 0 Å². The van der Waals surface area contributed by atoms with Crippen molar-refractivity contribution in [3.8, 4) is 0 Å². The lowest BCUT2D eigenvalue weighted by molar-refractivity contribution is 0.600. The molecule has 1 heterocycles. The van der Waals surface area contributed by atoms with Crippen LogP contribution in [0.25, 0.3) is 0 Å². The van der Waals surface area contributed by atoms with Crippen LogP contribution in [0.5, 0.6) is 0 Å². The number of nitrogens with one attached hydrogen (secondary N) is 1. The smallest absolute Gasteiger partial charge is 0.236 e. The summed E-state index contributed by atoms with van der Waals surface area (Å²) in [6, 6.07) is 9.99. The second-order valence-corrected chi connectivity index (χ2v) is 6.32. The van der Waals surface area contributed by atoms with Gasteiger partial charge in [-0.2, -0.15) is 0 Å². The van der Waals surface area contributed by atoms with Crippen molar-refractivity contribution in [1.82, 2.24) is 4.98 Å². The first-order chi connectivity index (χ1) is 9.46. The molecule has 0 bridgehead atoms. The number of pyridine rings is 1. The SMILES string of the molecule is NC(=S)c1ccc(CS(=O)(=O)Nc2ccncc2)cc1. The number of sulfonamides is 1. The van der Waals surface area contributed by atoms with Gasteiger partial charge in [-0.1, -0.05) is 36.5 Å². The standard InChI is InChI=1S/C13H13N3O2S2/c14-13(19)11-3-1-10(2-4-11)9-20(17,18)16-12-5-7-15-8-6-12/h1-8H,9H2,(H2,14,19)(H,15,16). The van der Waals surface area contributed by atoms with Gasteiger partial charge in [0.25, 0.3) is 0 Å². The molecule has 0 unspecified atom stereocenters. The minimum absolute atomic E-state index is 0.118. The molecule has 2 aromatic rings. The fourth-order valence-corrected chi connectivity index (χ4v) is 2.95. The fraction of sp³-hybridized carbons (Fsp3) is 0.0769. The van der Waals surface area contributed by atoms with E-state index in [-0.39, 0.29) is 10.7 Å². The zero-order valence-electron chi connectivity index (χ0n) is 10.5. The first-order valence-corrected chi connectivity index (χ1v) is 7.81. The maximum atomic E-state index is 12.0. The Hall–Kier alpha value is -1.99. The van der Waals surface area contributed by atoms with Crippen molar-refractivity contribution in [3.05, 3.63) is 59.9 Å². The molecule has 0 aliphatic carbocycles. The van der Waals surface area contributed by atoms with Crippen LogP contribution >= 0.6 is 12.2 Å². The average molecular weight is 307 g/mol. The molecule has 0 aliphatic rings. The second-order valence-electron chi connectivity index (χ2n) is 4.16. The normalized spacial score (nSPS) is 11.0. The van der Waals surface area contributed by atoms with Crippen LogP contribution in [0.15, 0.2) is 48.8 Å². The van der Waals surface area contributed by atoms with Gasteiger partial charge in [0, 0.05) is 18.0 Å². The molecule has 2 rings (SSSR count). The van der Waals surface area contributed by atoms with Crippen molar-refractivity contribution in [2.75, 3.05) is 4.72 Å². The number of rotatable bonds is 5. The van der Waals surface area contributed by atoms with Crippen molar-refractivity contribution in [2.45, 2.75) is 5.75 Å². The molecule has 0 fully saturated rings. The van der Waals surface area contributed by atoms with E-state index >= 15 is 0 Å². The Balaban J connectivity index is 2.10. The summed E-state index contributed by atoms with van der Waals surface area (Å²) in [4.78, 5) is 4.11. The van der Waals surface area contributed by atoms with E-state index in [1.807, 2.05) is 0 Å². The molecule has 7 heteroatoms. The van der Waals surface area contributed by atoms with E-state index < -0.39 is 10.0 Å². The molecule has 1 aromatic carbocycles. The van der Waals surface area contributed by atoms with Crippen molar-refractivity contribution < 1.29 is 8.42 Å². The molecule has 5 nitrogen and oxygen atoms in total. The molecular formula is C13H13N3O2S2. The molecule has 0 saturated heterocycles. The number of nitrogens with two attached hydrogens (primary N) is 1. The molecule has 1 aromatic heterocycles. The number of hydrogen-bond acceptors (Lipinski definition) is 4. The van der Waals surface area contributed by atoms with E-state index in [1.54, 1.807) is 36.4 Å². The predicted octanol–water partition coefficient (Wildman–Crippen LogP) is 1.66. The Morgan fingerprint density at radius 3 is 2.30 bits per heavy atom. The second kappa shape index (κ2) is 5.98. The molecule has 0 saturated carbocycles. The van der Waals surface area contributed by atoms with Gasteiger partial charge in [0.2, 0.25) is 10.0 Å². The largest absolute Gasteiger partial charge is 0.389 e. The van der Waals surface area contributed by atoms with E-state index in [1.165, 1.54) is 12.4 Å². The molecular weight excluding hydrogens is 294 g/mol. The van der Waals surface area contributed by atoms with Gasteiger partial charge in [-0.3, -0.25) is 9.71 Å². The Kier molecular flexibility index (Phi) is 4.31. The zero-order valence-corrected chi connectivity index (χ0v) is 12.1. The number of thiocarbonyl (C=S) groups is 1. The lowest BCUT2D eigenvalue weighted by Crippen LogP contribution is -2.15. The third kappa shape index (κ3) is 4.01. The number of aromatic nitrogens is 1. The van der Waals surface area contributed by atoms with Gasteiger partial charge >= 0.3 is 0 Å². The zero-order chi connectivity index (χ0) is 14.6. The summed E-state index contributed by atoms with van der Waals surface area (Å²) >= 11 is 4.84. The van der Waals surface area contributed by atoms with Gasteiger partial charge < -0.3 is 5.73 Å². The van der Waals surface area contributed by atoms with E-state index in [0.717, 1.165) is 0 Å². The topological polar surface area (TPSA) is 85.1 Å². The summed E-state index contributed by atoms with van der Waals surface area (Å²) < 4.78 is 26.5. The van der Waals surface area contributed by atoms with Gasteiger partial charge in [-0.05, 0) is 17.7 Å². The molecule has 0 radical (unpaired) electrons. The monoisotopic (exact) mass is 307 g/mol. The fourth-order valence-electron chi connectivity index (χ4n) is 1.62. The van der Waals surface area contributed by atoms with Crippen LogP contribution in [0, 0.1) is 0 Å². The highest BCUT2D eigenvalue weighted by atomic mass is 32.2. The summed E-state index contributed by atoms with van der Waals surface area (Å²) in [5.41, 5.74) is 7.34. The maximum Gasteiger partial charge on any atom is 0.236 e.